The molecule has 9 aromatic rings. The van der Waals surface area contributed by atoms with Crippen molar-refractivity contribution in [3.63, 3.8) is 0 Å². The Labute approximate surface area is 341 Å². The van der Waals surface area contributed by atoms with Gasteiger partial charge in [-0.2, -0.15) is 39.5 Å². The van der Waals surface area contributed by atoms with Crippen LogP contribution in [0.15, 0.2) is 164 Å². The molecule has 0 aliphatic heterocycles. The van der Waals surface area contributed by atoms with Gasteiger partial charge >= 0.3 is 18.5 Å². The first-order valence-corrected chi connectivity index (χ1v) is 18.6. The maximum Gasteiger partial charge on any atom is 0.417 e. The Balaban J connectivity index is 1.29. The first kappa shape index (κ1) is 39.2. The summed E-state index contributed by atoms with van der Waals surface area (Å²) in [4.78, 5) is 14.5. The molecule has 9 rings (SSSR count). The molecule has 4 nitrogen and oxygen atoms in total. The third-order valence-electron chi connectivity index (χ3n) is 10.3. The molecule has 302 valence electrons. The summed E-state index contributed by atoms with van der Waals surface area (Å²) >= 11 is 0. The number of hydrogen-bond donors (Lipinski definition) is 0. The van der Waals surface area contributed by atoms with Crippen molar-refractivity contribution in [2.75, 3.05) is 0 Å². The van der Waals surface area contributed by atoms with Gasteiger partial charge in [-0.15, -0.1) is 0 Å². The van der Waals surface area contributed by atoms with E-state index in [0.29, 0.717) is 67.5 Å². The number of halogens is 9. The summed E-state index contributed by atoms with van der Waals surface area (Å²) in [7, 11) is 0. The molecular formula is C48H27F9N4. The van der Waals surface area contributed by atoms with E-state index in [1.807, 2.05) is 65.2 Å². The Morgan fingerprint density at radius 2 is 0.885 bits per heavy atom. The molecule has 0 unspecified atom stereocenters. The zero-order valence-corrected chi connectivity index (χ0v) is 31.3. The number of rotatable bonds is 6. The number of para-hydroxylation sites is 1. The largest absolute Gasteiger partial charge is 0.417 e. The average molecular weight is 831 g/mol. The highest BCUT2D eigenvalue weighted by Crippen LogP contribution is 2.44. The molecule has 0 aliphatic rings. The van der Waals surface area contributed by atoms with Gasteiger partial charge in [0.1, 0.15) is 0 Å². The van der Waals surface area contributed by atoms with E-state index in [1.165, 1.54) is 18.2 Å². The van der Waals surface area contributed by atoms with Crippen LogP contribution in [0.2, 0.25) is 0 Å². The van der Waals surface area contributed by atoms with Crippen LogP contribution >= 0.6 is 0 Å². The van der Waals surface area contributed by atoms with Gasteiger partial charge in [-0.3, -0.25) is 0 Å². The van der Waals surface area contributed by atoms with Crippen molar-refractivity contribution in [2.24, 2.45) is 0 Å². The molecule has 0 saturated carbocycles. The minimum atomic E-state index is -5.09. The highest BCUT2D eigenvalue weighted by atomic mass is 19.4. The van der Waals surface area contributed by atoms with Crippen LogP contribution in [-0.2, 0) is 18.5 Å². The third-order valence-corrected chi connectivity index (χ3v) is 10.3. The standard InChI is InChI=1S/C48H27F9N4/c49-46(50,51)32-15-9-14-30(24-32)35-22-20-34(27-39(35)45-59-43(28-10-3-1-4-11-28)58-44(60-45)29-12-5-2-6-13-29)61-41-17-8-7-16-37(41)38-25-31(18-23-42(38)61)36-21-19-33(47(52,53)54)26-40(36)48(55,56)57/h1-27H. The van der Waals surface area contributed by atoms with Crippen LogP contribution in [-0.4, -0.2) is 19.5 Å². The normalized spacial score (nSPS) is 12.3. The maximum atomic E-state index is 14.3. The minimum Gasteiger partial charge on any atom is -0.309 e. The summed E-state index contributed by atoms with van der Waals surface area (Å²) in [6.45, 7) is 0. The maximum absolute atomic E-state index is 14.3. The first-order valence-electron chi connectivity index (χ1n) is 18.6. The van der Waals surface area contributed by atoms with Gasteiger partial charge in [0.25, 0.3) is 0 Å². The Bertz CT molecular complexity index is 3040. The molecule has 2 heterocycles. The van der Waals surface area contributed by atoms with E-state index >= 15 is 0 Å². The highest BCUT2D eigenvalue weighted by Gasteiger charge is 2.38. The Morgan fingerprint density at radius 1 is 0.344 bits per heavy atom. The quantitative estimate of drug-likeness (QED) is 0.157. The van der Waals surface area contributed by atoms with Crippen LogP contribution in [0.4, 0.5) is 39.5 Å². The molecule has 0 atom stereocenters. The molecule has 0 aliphatic carbocycles. The summed E-state index contributed by atoms with van der Waals surface area (Å²) in [5.41, 5.74) is -0.103. The Morgan fingerprint density at radius 3 is 1.52 bits per heavy atom. The molecule has 0 radical (unpaired) electrons. The lowest BCUT2D eigenvalue weighted by Gasteiger charge is -2.17. The van der Waals surface area contributed by atoms with E-state index in [4.69, 9.17) is 15.0 Å². The molecule has 61 heavy (non-hydrogen) atoms. The van der Waals surface area contributed by atoms with Crippen molar-refractivity contribution in [1.82, 2.24) is 19.5 Å². The molecule has 0 saturated heterocycles. The second-order valence-corrected chi connectivity index (χ2v) is 14.2. The fourth-order valence-electron chi connectivity index (χ4n) is 7.53. The van der Waals surface area contributed by atoms with Crippen LogP contribution < -0.4 is 0 Å². The lowest BCUT2D eigenvalue weighted by molar-refractivity contribution is -0.143. The van der Waals surface area contributed by atoms with Gasteiger partial charge in [0, 0.05) is 33.2 Å². The number of nitrogens with zero attached hydrogens (tertiary/aromatic N) is 4. The molecule has 0 bridgehead atoms. The van der Waals surface area contributed by atoms with Crippen LogP contribution in [0.3, 0.4) is 0 Å². The first-order chi connectivity index (χ1) is 29.1. The Kier molecular flexibility index (Phi) is 9.49. The van der Waals surface area contributed by atoms with Gasteiger partial charge in [-0.1, -0.05) is 109 Å². The number of alkyl halides is 9. The minimum absolute atomic E-state index is 0.0455. The van der Waals surface area contributed by atoms with Crippen molar-refractivity contribution in [2.45, 2.75) is 18.5 Å². The van der Waals surface area contributed by atoms with E-state index in [-0.39, 0.29) is 23.0 Å². The number of aromatic nitrogens is 4. The SMILES string of the molecule is FC(F)(F)c1cccc(-c2ccc(-n3c4ccccc4c4cc(-c5ccc(C(F)(F)F)cc5C(F)(F)F)ccc43)cc2-c2nc(-c3ccccc3)nc(-c3ccccc3)n2)c1. The highest BCUT2D eigenvalue weighted by molar-refractivity contribution is 6.10. The van der Waals surface area contributed by atoms with E-state index < -0.39 is 40.8 Å². The smallest absolute Gasteiger partial charge is 0.309 e. The lowest BCUT2D eigenvalue weighted by Crippen LogP contribution is -2.12. The van der Waals surface area contributed by atoms with Gasteiger partial charge in [-0.05, 0) is 76.9 Å². The number of fused-ring (bicyclic) bond motifs is 3. The van der Waals surface area contributed by atoms with Crippen LogP contribution in [0.1, 0.15) is 16.7 Å². The molecule has 2 aromatic heterocycles. The van der Waals surface area contributed by atoms with E-state index in [0.717, 1.165) is 18.2 Å². The van der Waals surface area contributed by atoms with Gasteiger partial charge in [0.05, 0.1) is 27.7 Å². The second-order valence-electron chi connectivity index (χ2n) is 14.2. The Hall–Kier alpha value is -7.28. The van der Waals surface area contributed by atoms with Gasteiger partial charge < -0.3 is 4.57 Å². The molecule has 13 heteroatoms. The molecule has 0 amide bonds. The van der Waals surface area contributed by atoms with Crippen molar-refractivity contribution in [3.8, 4) is 62.1 Å². The van der Waals surface area contributed by atoms with Gasteiger partial charge in [0.2, 0.25) is 0 Å². The summed E-state index contributed by atoms with van der Waals surface area (Å²) in [6, 6.07) is 41.5. The fraction of sp³-hybridized carbons (Fsp3) is 0.0625. The lowest BCUT2D eigenvalue weighted by atomic mass is 9.95. The van der Waals surface area contributed by atoms with Gasteiger partial charge in [0.15, 0.2) is 17.5 Å². The van der Waals surface area contributed by atoms with Gasteiger partial charge in [-0.25, -0.2) is 15.0 Å². The topological polar surface area (TPSA) is 43.6 Å². The molecule has 0 spiro atoms. The van der Waals surface area contributed by atoms with Crippen molar-refractivity contribution < 1.29 is 39.5 Å². The average Bonchev–Trinajstić information content (AvgIpc) is 3.59. The zero-order valence-electron chi connectivity index (χ0n) is 31.3. The second kappa shape index (κ2) is 14.8. The summed E-state index contributed by atoms with van der Waals surface area (Å²) in [6.07, 6.45) is -14.7. The number of benzene rings is 7. The fourth-order valence-corrected chi connectivity index (χ4v) is 7.53. The van der Waals surface area contributed by atoms with Crippen molar-refractivity contribution in [3.05, 3.63) is 180 Å². The van der Waals surface area contributed by atoms with Crippen molar-refractivity contribution in [1.29, 1.82) is 0 Å². The predicted molar refractivity (Wildman–Crippen MR) is 216 cm³/mol. The number of hydrogen-bond acceptors (Lipinski definition) is 3. The summed E-state index contributed by atoms with van der Waals surface area (Å²) in [5, 5.41) is 1.13. The summed E-state index contributed by atoms with van der Waals surface area (Å²) < 4.78 is 128. The molecule has 0 fully saturated rings. The molecule has 7 aromatic carbocycles. The van der Waals surface area contributed by atoms with E-state index in [9.17, 15) is 39.5 Å². The van der Waals surface area contributed by atoms with Crippen LogP contribution in [0.25, 0.3) is 83.9 Å². The van der Waals surface area contributed by atoms with E-state index in [1.54, 1.807) is 54.6 Å². The van der Waals surface area contributed by atoms with E-state index in [2.05, 4.69) is 0 Å². The third kappa shape index (κ3) is 7.47. The monoisotopic (exact) mass is 830 g/mol. The molecule has 0 N–H and O–H groups in total. The zero-order chi connectivity index (χ0) is 42.7. The van der Waals surface area contributed by atoms with Crippen molar-refractivity contribution >= 4 is 21.8 Å². The predicted octanol–water partition coefficient (Wildman–Crippen LogP) is 14.4. The van der Waals surface area contributed by atoms with Crippen LogP contribution in [0, 0.1) is 0 Å². The molecular weight excluding hydrogens is 804 g/mol. The summed E-state index contributed by atoms with van der Waals surface area (Å²) in [5.74, 6) is 0.790. The van der Waals surface area contributed by atoms with Crippen LogP contribution in [0.5, 0.6) is 0 Å².